The Bertz CT molecular complexity index is 958. The lowest BCUT2D eigenvalue weighted by Gasteiger charge is -2.21. The van der Waals surface area contributed by atoms with Crippen LogP contribution >= 0.6 is 0 Å². The van der Waals surface area contributed by atoms with Crippen molar-refractivity contribution in [1.82, 2.24) is 0 Å². The van der Waals surface area contributed by atoms with Gasteiger partial charge in [-0.3, -0.25) is 0 Å². The molecule has 0 aliphatic heterocycles. The van der Waals surface area contributed by atoms with Gasteiger partial charge in [0.1, 0.15) is 17.9 Å². The number of rotatable bonds is 1. The molecule has 0 amide bonds. The minimum Gasteiger partial charge on any atom is -0.433 e. The van der Waals surface area contributed by atoms with Gasteiger partial charge in [-0.2, -0.15) is 26.3 Å². The predicted molar refractivity (Wildman–Crippen MR) is 89.5 cm³/mol. The summed E-state index contributed by atoms with van der Waals surface area (Å²) in [7, 11) is 0. The summed E-state index contributed by atoms with van der Waals surface area (Å²) in [4.78, 5) is 10.1. The normalized spacial score (nSPS) is 9.53. The Labute approximate surface area is 183 Å². The van der Waals surface area contributed by atoms with Gasteiger partial charge in [0.2, 0.25) is 5.82 Å². The Hall–Kier alpha value is -3.98. The molecule has 186 valence electrons. The second kappa shape index (κ2) is 15.8. The average Bonchev–Trinajstić information content (AvgIpc) is 2.74. The van der Waals surface area contributed by atoms with E-state index in [2.05, 4.69) is 29.9 Å². The van der Waals surface area contributed by atoms with E-state index in [4.69, 9.17) is 0 Å². The molecule has 0 saturated carbocycles. The minimum atomic E-state index is -5.73. The second-order valence-electron chi connectivity index (χ2n) is 4.58. The van der Waals surface area contributed by atoms with Crippen molar-refractivity contribution in [2.75, 3.05) is 0 Å². The van der Waals surface area contributed by atoms with Crippen molar-refractivity contribution in [3.63, 3.8) is 0 Å². The van der Waals surface area contributed by atoms with Crippen LogP contribution in [0.2, 0.25) is 0 Å². The number of halogens is 13. The van der Waals surface area contributed by atoms with E-state index in [0.29, 0.717) is 12.3 Å². The van der Waals surface area contributed by atoms with Crippen LogP contribution in [0.5, 0.6) is 0 Å². The van der Waals surface area contributed by atoms with Crippen molar-refractivity contribution >= 4 is 5.97 Å². The lowest BCUT2D eigenvalue weighted by atomic mass is 10.2. The molecule has 1 aromatic rings. The first-order valence-corrected chi connectivity index (χ1v) is 7.29. The Balaban J connectivity index is -0.000000444. The molecule has 2 nitrogen and oxygen atoms in total. The Morgan fingerprint density at radius 3 is 1.26 bits per heavy atom. The maximum absolute atomic E-state index is 12.5. The number of esters is 1. The molecule has 0 heterocycles. The van der Waals surface area contributed by atoms with Gasteiger partial charge in [0, 0.05) is 5.92 Å². The zero-order valence-corrected chi connectivity index (χ0v) is 16.0. The molecule has 1 aromatic carbocycles. The fourth-order valence-electron chi connectivity index (χ4n) is 1.19. The van der Waals surface area contributed by atoms with Gasteiger partial charge in [0.15, 0.2) is 23.3 Å². The summed E-state index contributed by atoms with van der Waals surface area (Å²) in [5.41, 5.74) is -1.25. The van der Waals surface area contributed by atoms with Crippen LogP contribution in [0.15, 0.2) is 0 Å². The van der Waals surface area contributed by atoms with E-state index in [1.807, 2.05) is 0 Å². The molecule has 1 rings (SSSR count). The smallest absolute Gasteiger partial charge is 0.433 e. The van der Waals surface area contributed by atoms with Gasteiger partial charge < -0.3 is 4.74 Å². The monoisotopic (exact) mass is 514 g/mol. The van der Waals surface area contributed by atoms with Crippen molar-refractivity contribution in [3.05, 3.63) is 34.6 Å². The molecule has 0 N–H and O–H groups in total. The molecule has 0 unspecified atom stereocenters. The lowest BCUT2D eigenvalue weighted by molar-refractivity contribution is -0.311. The van der Waals surface area contributed by atoms with Crippen LogP contribution in [-0.4, -0.2) is 24.4 Å². The number of ether oxygens (including phenoxy) is 1. The van der Waals surface area contributed by atoms with E-state index in [9.17, 15) is 61.9 Å². The maximum Gasteiger partial charge on any atom is 0.434 e. The van der Waals surface area contributed by atoms with Crippen LogP contribution in [0.1, 0.15) is 12.5 Å². The fraction of sp³-hybridized carbons (Fsp3) is 0.211. The number of benzene rings is 1. The van der Waals surface area contributed by atoms with E-state index in [-0.39, 0.29) is 0 Å². The number of terminal acetylenes is 3. The molecule has 0 bridgehead atoms. The highest BCUT2D eigenvalue weighted by Crippen LogP contribution is 2.35. The van der Waals surface area contributed by atoms with E-state index < -0.39 is 59.1 Å². The summed E-state index contributed by atoms with van der Waals surface area (Å²) in [6, 6.07) is 0. The van der Waals surface area contributed by atoms with Gasteiger partial charge in [-0.1, -0.05) is 5.92 Å². The molecule has 0 spiro atoms. The Morgan fingerprint density at radius 1 is 0.765 bits per heavy atom. The Kier molecular flexibility index (Phi) is 16.1. The molecule has 0 radical (unpaired) electrons. The van der Waals surface area contributed by atoms with Gasteiger partial charge >= 0.3 is 18.3 Å². The summed E-state index contributed by atoms with van der Waals surface area (Å²) in [5.74, 6) is -7.68. The quantitative estimate of drug-likeness (QED) is 0.124. The van der Waals surface area contributed by atoms with Crippen LogP contribution in [0.25, 0.3) is 0 Å². The molecule has 15 heteroatoms. The SMILES string of the molecule is C#CC.C#CC(=O)OC(C(F)(F)F)C(F)(F)F.C#Cc1c(F)c(F)c(F)c(F)c1F.FC#CF. The predicted octanol–water partition coefficient (Wildman–Crippen LogP) is 5.50. The topological polar surface area (TPSA) is 26.3 Å². The van der Waals surface area contributed by atoms with Gasteiger partial charge in [-0.15, -0.1) is 34.0 Å². The molecular weight excluding hydrogens is 507 g/mol. The summed E-state index contributed by atoms with van der Waals surface area (Å²) in [6.07, 6.45) is -1.22. The molecule has 0 aliphatic rings. The summed E-state index contributed by atoms with van der Waals surface area (Å²) < 4.78 is 155. The molecule has 0 aliphatic carbocycles. The minimum absolute atomic E-state index is 0.514. The lowest BCUT2D eigenvalue weighted by Crippen LogP contribution is -2.45. The molecule has 34 heavy (non-hydrogen) atoms. The van der Waals surface area contributed by atoms with Gasteiger partial charge in [0.25, 0.3) is 6.10 Å². The molecule has 0 aromatic heterocycles. The van der Waals surface area contributed by atoms with E-state index in [0.717, 1.165) is 5.92 Å². The first kappa shape index (κ1) is 34.6. The van der Waals surface area contributed by atoms with Gasteiger partial charge in [-0.25, -0.2) is 26.7 Å². The van der Waals surface area contributed by atoms with Gasteiger partial charge in [0.05, 0.1) is 0 Å². The third-order valence-electron chi connectivity index (χ3n) is 2.33. The highest BCUT2D eigenvalue weighted by molar-refractivity contribution is 5.87. The molecule has 0 saturated heterocycles. The zero-order valence-electron chi connectivity index (χ0n) is 16.0. The number of carbonyl (C=O) groups excluding carboxylic acids is 1. The third-order valence-corrected chi connectivity index (χ3v) is 2.33. The van der Waals surface area contributed by atoms with E-state index in [1.54, 1.807) is 6.92 Å². The third kappa shape index (κ3) is 12.2. The summed E-state index contributed by atoms with van der Waals surface area (Å²) >= 11 is 0. The fourth-order valence-corrected chi connectivity index (χ4v) is 1.19. The maximum atomic E-state index is 12.5. The standard InChI is InChI=1S/C8HF5.C6H2F6O2.C3H4.C2F2/c1-2-3-4(9)6(11)8(13)7(12)5(3)10;1-2-3(13)14-4(5(7,8)9)6(10,11)12;1-3-2;3-1-2-4/h1H;1,4H;1H,2H3;. The average molecular weight is 514 g/mol. The first-order valence-electron chi connectivity index (χ1n) is 7.29. The van der Waals surface area contributed by atoms with Crippen molar-refractivity contribution in [3.8, 4) is 49.4 Å². The van der Waals surface area contributed by atoms with Gasteiger partial charge in [-0.05, 0) is 6.92 Å². The van der Waals surface area contributed by atoms with Crippen molar-refractivity contribution < 1.29 is 66.6 Å². The van der Waals surface area contributed by atoms with E-state index in [1.165, 1.54) is 5.92 Å². The molecule has 0 fully saturated rings. The van der Waals surface area contributed by atoms with Crippen molar-refractivity contribution in [2.45, 2.75) is 25.4 Å². The highest BCUT2D eigenvalue weighted by atomic mass is 19.4. The van der Waals surface area contributed by atoms with Crippen LogP contribution in [-0.2, 0) is 9.53 Å². The van der Waals surface area contributed by atoms with Crippen molar-refractivity contribution in [2.24, 2.45) is 0 Å². The van der Waals surface area contributed by atoms with Crippen LogP contribution in [0.3, 0.4) is 0 Å². The van der Waals surface area contributed by atoms with Crippen LogP contribution in [0, 0.1) is 78.5 Å². The number of hydrogen-bond acceptors (Lipinski definition) is 2. The zero-order chi connectivity index (χ0) is 27.9. The summed E-state index contributed by atoms with van der Waals surface area (Å²) in [6.45, 7) is 1.65. The second-order valence-corrected chi connectivity index (χ2v) is 4.58. The highest BCUT2D eigenvalue weighted by Gasteiger charge is 2.59. The number of alkyl halides is 6. The largest absolute Gasteiger partial charge is 0.434 e. The van der Waals surface area contributed by atoms with Crippen LogP contribution in [0.4, 0.5) is 57.1 Å². The molecular formula is C19H7F13O2. The molecule has 0 atom stereocenters. The number of hydrogen-bond donors (Lipinski definition) is 0. The van der Waals surface area contributed by atoms with Crippen LogP contribution < -0.4 is 0 Å². The Morgan fingerprint density at radius 2 is 1.06 bits per heavy atom. The van der Waals surface area contributed by atoms with E-state index >= 15 is 0 Å². The van der Waals surface area contributed by atoms with Crippen molar-refractivity contribution in [1.29, 1.82) is 0 Å². The first-order chi connectivity index (χ1) is 15.4. The summed E-state index contributed by atoms with van der Waals surface area (Å²) in [5, 5.41) is 0. The number of carbonyl (C=O) groups is 1.